The maximum Gasteiger partial charge on any atom is 0.340 e. The smallest absolute Gasteiger partial charge is 0.340 e. The highest BCUT2D eigenvalue weighted by Crippen LogP contribution is 2.33. The summed E-state index contributed by atoms with van der Waals surface area (Å²) in [5.41, 5.74) is 1.58. The summed E-state index contributed by atoms with van der Waals surface area (Å²) in [6, 6.07) is 21.1. The fourth-order valence-electron chi connectivity index (χ4n) is 4.24. The van der Waals surface area contributed by atoms with Crippen molar-refractivity contribution in [3.63, 3.8) is 0 Å². The molecule has 3 heterocycles. The van der Waals surface area contributed by atoms with E-state index in [2.05, 4.69) is 25.3 Å². The number of nitrogens with one attached hydrogen (secondary N) is 2. The van der Waals surface area contributed by atoms with Crippen LogP contribution in [0.3, 0.4) is 0 Å². The van der Waals surface area contributed by atoms with Crippen molar-refractivity contribution in [1.82, 2.24) is 19.9 Å². The van der Waals surface area contributed by atoms with Crippen LogP contribution in [0.5, 0.6) is 0 Å². The number of pyridine rings is 1. The summed E-state index contributed by atoms with van der Waals surface area (Å²) >= 11 is 0. The molecule has 5 aromatic rings. The van der Waals surface area contributed by atoms with E-state index in [0.29, 0.717) is 11.3 Å². The second-order valence-electron chi connectivity index (χ2n) is 8.53. The highest BCUT2D eigenvalue weighted by Gasteiger charge is 2.25. The summed E-state index contributed by atoms with van der Waals surface area (Å²) in [6.45, 7) is 0.197. The van der Waals surface area contributed by atoms with Gasteiger partial charge in [0.25, 0.3) is 5.69 Å². The standard InChI is InChI=1S/C28H21FN6O4/c29-21-10-5-4-9-19(21)26-24(27(36)37)25(17-7-2-1-3-8-17)33-28(34-26)32-16-20(22-11-6-14-30-22)23-13-12-18(15-31-23)35(38)39/h1-15,20,30H,16H2,(H,36,37)(H,32,33,34). The average Bonchev–Trinajstić information content (AvgIpc) is 3.48. The Balaban J connectivity index is 1.59. The molecule has 1 atom stereocenters. The van der Waals surface area contributed by atoms with Gasteiger partial charge in [-0.1, -0.05) is 42.5 Å². The number of aromatic amines is 1. The Morgan fingerprint density at radius 3 is 2.38 bits per heavy atom. The van der Waals surface area contributed by atoms with Gasteiger partial charge in [0.2, 0.25) is 5.95 Å². The zero-order chi connectivity index (χ0) is 27.4. The van der Waals surface area contributed by atoms with E-state index in [1.54, 1.807) is 48.7 Å². The lowest BCUT2D eigenvalue weighted by atomic mass is 9.99. The lowest BCUT2D eigenvalue weighted by Crippen LogP contribution is -2.18. The number of benzene rings is 2. The Morgan fingerprint density at radius 1 is 1.00 bits per heavy atom. The molecule has 3 aromatic heterocycles. The lowest BCUT2D eigenvalue weighted by Gasteiger charge is -2.18. The molecule has 0 fully saturated rings. The molecule has 39 heavy (non-hydrogen) atoms. The number of nitrogens with zero attached hydrogens (tertiary/aromatic N) is 4. The van der Waals surface area contributed by atoms with Crippen molar-refractivity contribution in [3.8, 4) is 22.5 Å². The molecular formula is C28H21FN6O4. The average molecular weight is 525 g/mol. The predicted octanol–water partition coefficient (Wildman–Crippen LogP) is 5.52. The van der Waals surface area contributed by atoms with Crippen LogP contribution in [0.25, 0.3) is 22.5 Å². The first-order valence-corrected chi connectivity index (χ1v) is 11.9. The normalized spacial score (nSPS) is 11.6. The van der Waals surface area contributed by atoms with Crippen LogP contribution in [0.15, 0.2) is 91.3 Å². The van der Waals surface area contributed by atoms with Crippen LogP contribution in [0, 0.1) is 15.9 Å². The quantitative estimate of drug-likeness (QED) is 0.169. The van der Waals surface area contributed by atoms with E-state index in [9.17, 15) is 24.4 Å². The van der Waals surface area contributed by atoms with Gasteiger partial charge in [0.15, 0.2) is 0 Å². The largest absolute Gasteiger partial charge is 0.478 e. The molecule has 0 aliphatic rings. The van der Waals surface area contributed by atoms with Gasteiger partial charge < -0.3 is 15.4 Å². The van der Waals surface area contributed by atoms with Crippen LogP contribution in [0.4, 0.5) is 16.0 Å². The summed E-state index contributed by atoms with van der Waals surface area (Å²) in [6.07, 6.45) is 2.93. The monoisotopic (exact) mass is 524 g/mol. The van der Waals surface area contributed by atoms with Gasteiger partial charge in [0, 0.05) is 35.6 Å². The SMILES string of the molecule is O=C(O)c1c(-c2ccccc2)nc(NCC(c2ccc([N+](=O)[O-])cn2)c2ccc[nH]2)nc1-c1ccccc1F. The van der Waals surface area contributed by atoms with Crippen molar-refractivity contribution in [1.29, 1.82) is 0 Å². The van der Waals surface area contributed by atoms with Crippen molar-refractivity contribution in [2.45, 2.75) is 5.92 Å². The fourth-order valence-corrected chi connectivity index (χ4v) is 4.24. The van der Waals surface area contributed by atoms with Crippen molar-refractivity contribution in [2.75, 3.05) is 11.9 Å². The highest BCUT2D eigenvalue weighted by molar-refractivity contribution is 6.01. The summed E-state index contributed by atoms with van der Waals surface area (Å²) in [5, 5.41) is 24.3. The molecule has 0 radical (unpaired) electrons. The molecule has 0 aliphatic heterocycles. The molecule has 1 unspecified atom stereocenters. The van der Waals surface area contributed by atoms with Gasteiger partial charge >= 0.3 is 5.97 Å². The van der Waals surface area contributed by atoms with Gasteiger partial charge in [0.05, 0.1) is 27.9 Å². The van der Waals surface area contributed by atoms with Crippen LogP contribution in [-0.4, -0.2) is 42.5 Å². The summed E-state index contributed by atoms with van der Waals surface area (Å²) in [5.74, 6) is -2.22. The second kappa shape index (κ2) is 10.9. The summed E-state index contributed by atoms with van der Waals surface area (Å²) in [7, 11) is 0. The van der Waals surface area contributed by atoms with Crippen LogP contribution in [0.2, 0.25) is 0 Å². The molecule has 0 spiro atoms. The summed E-state index contributed by atoms with van der Waals surface area (Å²) in [4.78, 5) is 39.3. The number of hydrogen-bond donors (Lipinski definition) is 3. The number of halogens is 1. The van der Waals surface area contributed by atoms with Gasteiger partial charge in [-0.2, -0.15) is 0 Å². The number of carbonyl (C=O) groups is 1. The van der Waals surface area contributed by atoms with Gasteiger partial charge in [-0.15, -0.1) is 0 Å². The number of hydrogen-bond acceptors (Lipinski definition) is 7. The molecule has 2 aromatic carbocycles. The van der Waals surface area contributed by atoms with Crippen LogP contribution >= 0.6 is 0 Å². The Bertz CT molecular complexity index is 1630. The Labute approximate surface area is 221 Å². The number of anilines is 1. The van der Waals surface area contributed by atoms with Gasteiger partial charge in [-0.3, -0.25) is 15.1 Å². The molecule has 194 valence electrons. The van der Waals surface area contributed by atoms with E-state index in [4.69, 9.17) is 0 Å². The zero-order valence-electron chi connectivity index (χ0n) is 20.3. The lowest BCUT2D eigenvalue weighted by molar-refractivity contribution is -0.385. The maximum atomic E-state index is 14.9. The van der Waals surface area contributed by atoms with Crippen molar-refractivity contribution in [3.05, 3.63) is 124 Å². The summed E-state index contributed by atoms with van der Waals surface area (Å²) < 4.78 is 14.9. The topological polar surface area (TPSA) is 147 Å². The third kappa shape index (κ3) is 5.32. The van der Waals surface area contributed by atoms with Crippen molar-refractivity contribution in [2.24, 2.45) is 0 Å². The third-order valence-corrected chi connectivity index (χ3v) is 6.10. The van der Waals surface area contributed by atoms with Crippen molar-refractivity contribution >= 4 is 17.6 Å². The fraction of sp³-hybridized carbons (Fsp3) is 0.0714. The van der Waals surface area contributed by atoms with E-state index in [-0.39, 0.29) is 46.6 Å². The number of H-pyrrole nitrogens is 1. The predicted molar refractivity (Wildman–Crippen MR) is 142 cm³/mol. The number of aromatic carboxylic acids is 1. The number of aromatic nitrogens is 4. The molecule has 0 aliphatic carbocycles. The minimum atomic E-state index is -1.29. The second-order valence-corrected chi connectivity index (χ2v) is 8.53. The molecule has 0 amide bonds. The Hall–Kier alpha value is -5.45. The first-order chi connectivity index (χ1) is 18.9. The Morgan fingerprint density at radius 2 is 1.74 bits per heavy atom. The minimum absolute atomic E-state index is 0.0236. The van der Waals surface area contributed by atoms with Crippen LogP contribution < -0.4 is 5.32 Å². The zero-order valence-corrected chi connectivity index (χ0v) is 20.3. The molecule has 10 nitrogen and oxygen atoms in total. The Kier molecular flexibility index (Phi) is 7.04. The molecule has 3 N–H and O–H groups in total. The number of nitro groups is 1. The van der Waals surface area contributed by atoms with Gasteiger partial charge in [0.1, 0.15) is 17.6 Å². The van der Waals surface area contributed by atoms with Crippen molar-refractivity contribution < 1.29 is 19.2 Å². The van der Waals surface area contributed by atoms with E-state index in [0.717, 1.165) is 5.69 Å². The number of carboxylic acid groups (broad SMARTS) is 1. The van der Waals surface area contributed by atoms with Gasteiger partial charge in [-0.05, 0) is 30.3 Å². The molecule has 5 rings (SSSR count). The number of rotatable bonds is 9. The van der Waals surface area contributed by atoms with Gasteiger partial charge in [-0.25, -0.2) is 19.2 Å². The molecule has 0 bridgehead atoms. The third-order valence-electron chi connectivity index (χ3n) is 6.10. The molecule has 0 saturated heterocycles. The highest BCUT2D eigenvalue weighted by atomic mass is 19.1. The minimum Gasteiger partial charge on any atom is -0.478 e. The van der Waals surface area contributed by atoms with E-state index in [1.807, 2.05) is 12.1 Å². The van der Waals surface area contributed by atoms with E-state index < -0.39 is 16.7 Å². The van der Waals surface area contributed by atoms with Crippen LogP contribution in [-0.2, 0) is 0 Å². The van der Waals surface area contributed by atoms with E-state index in [1.165, 1.54) is 30.5 Å². The molecule has 11 heteroatoms. The molecule has 0 saturated carbocycles. The number of carboxylic acids is 1. The first kappa shape index (κ1) is 25.2. The van der Waals surface area contributed by atoms with Crippen LogP contribution in [0.1, 0.15) is 27.7 Å². The van der Waals surface area contributed by atoms with E-state index >= 15 is 0 Å². The maximum absolute atomic E-state index is 14.9. The first-order valence-electron chi connectivity index (χ1n) is 11.9. The molecular weight excluding hydrogens is 503 g/mol.